The highest BCUT2D eigenvalue weighted by Crippen LogP contribution is 2.61. The van der Waals surface area contributed by atoms with Crippen LogP contribution in [-0.4, -0.2) is 25.0 Å². The summed E-state index contributed by atoms with van der Waals surface area (Å²) in [6.45, 7) is 2.19. The van der Waals surface area contributed by atoms with Crippen LogP contribution in [0, 0.1) is 23.2 Å². The molecule has 5 rings (SSSR count). The van der Waals surface area contributed by atoms with Gasteiger partial charge < -0.3 is 10.1 Å². The molecule has 4 aliphatic carbocycles. The lowest BCUT2D eigenvalue weighted by Crippen LogP contribution is -2.55. The van der Waals surface area contributed by atoms with Crippen LogP contribution < -0.4 is 5.32 Å². The minimum atomic E-state index is -0.381. The molecule has 0 heterocycles. The van der Waals surface area contributed by atoms with E-state index in [-0.39, 0.29) is 17.9 Å². The number of carbonyl (C=O) groups is 2. The quantitative estimate of drug-likeness (QED) is 0.847. The molecule has 0 radical (unpaired) electrons. The summed E-state index contributed by atoms with van der Waals surface area (Å²) in [5.41, 5.74) is 1.37. The third-order valence-corrected chi connectivity index (χ3v) is 6.92. The molecule has 1 amide bonds. The van der Waals surface area contributed by atoms with Gasteiger partial charge in [-0.3, -0.25) is 4.79 Å². The zero-order valence-electron chi connectivity index (χ0n) is 15.1. The third-order valence-electron chi connectivity index (χ3n) is 6.92. The van der Waals surface area contributed by atoms with Gasteiger partial charge in [0.2, 0.25) is 0 Å². The molecular weight excluding hydrogens is 314 g/mol. The highest BCUT2D eigenvalue weighted by molar-refractivity contribution is 5.96. The first kappa shape index (κ1) is 16.6. The molecule has 0 unspecified atom stereocenters. The topological polar surface area (TPSA) is 55.4 Å². The maximum atomic E-state index is 12.7. The second-order valence-electron chi connectivity index (χ2n) is 8.54. The number of nitrogens with one attached hydrogen (secondary N) is 1. The van der Waals surface area contributed by atoms with E-state index >= 15 is 0 Å². The Labute approximate surface area is 149 Å². The van der Waals surface area contributed by atoms with Crippen LogP contribution >= 0.6 is 0 Å². The lowest BCUT2D eigenvalue weighted by molar-refractivity contribution is -0.0688. The molecule has 0 spiro atoms. The van der Waals surface area contributed by atoms with Crippen molar-refractivity contribution >= 4 is 11.9 Å². The molecule has 4 nitrogen and oxygen atoms in total. The average Bonchev–Trinajstić information content (AvgIpc) is 2.60. The van der Waals surface area contributed by atoms with Gasteiger partial charge in [-0.05, 0) is 92.9 Å². The summed E-state index contributed by atoms with van der Waals surface area (Å²) in [7, 11) is 1.36. The summed E-state index contributed by atoms with van der Waals surface area (Å²) >= 11 is 0. The number of methoxy groups -OCH3 is 1. The van der Waals surface area contributed by atoms with E-state index in [9.17, 15) is 9.59 Å². The van der Waals surface area contributed by atoms with Crippen molar-refractivity contribution in [1.82, 2.24) is 5.32 Å². The number of carbonyl (C=O) groups excluding carboxylic acids is 2. The summed E-state index contributed by atoms with van der Waals surface area (Å²) < 4.78 is 4.70. The lowest BCUT2D eigenvalue weighted by Gasteiger charge is -2.59. The average molecular weight is 341 g/mol. The normalized spacial score (nSPS) is 33.8. The van der Waals surface area contributed by atoms with Crippen LogP contribution in [0.1, 0.15) is 66.2 Å². The smallest absolute Gasteiger partial charge is 0.337 e. The van der Waals surface area contributed by atoms with E-state index in [1.165, 1.54) is 45.6 Å². The Morgan fingerprint density at radius 1 is 1.00 bits per heavy atom. The molecule has 134 valence electrons. The van der Waals surface area contributed by atoms with Crippen LogP contribution in [0.5, 0.6) is 0 Å². The van der Waals surface area contributed by atoms with Gasteiger partial charge in [0.25, 0.3) is 5.91 Å². The molecule has 1 N–H and O–H groups in total. The number of benzene rings is 1. The van der Waals surface area contributed by atoms with Crippen LogP contribution in [-0.2, 0) is 4.74 Å². The molecule has 4 fully saturated rings. The zero-order valence-corrected chi connectivity index (χ0v) is 15.1. The van der Waals surface area contributed by atoms with Crippen molar-refractivity contribution in [3.05, 3.63) is 35.4 Å². The predicted molar refractivity (Wildman–Crippen MR) is 95.3 cm³/mol. The van der Waals surface area contributed by atoms with Crippen molar-refractivity contribution < 1.29 is 14.3 Å². The molecule has 25 heavy (non-hydrogen) atoms. The van der Waals surface area contributed by atoms with E-state index in [0.29, 0.717) is 16.5 Å². The second-order valence-corrected chi connectivity index (χ2v) is 8.54. The predicted octanol–water partition coefficient (Wildman–Crippen LogP) is 3.81. The Bertz CT molecular complexity index is 644. The number of amides is 1. The van der Waals surface area contributed by atoms with E-state index < -0.39 is 0 Å². The SMILES string of the molecule is COC(=O)c1ccc(C(=O)N[C@H](C)C23CC4CC(CC(C4)C2)C3)cc1. The zero-order chi connectivity index (χ0) is 17.6. The maximum absolute atomic E-state index is 12.7. The van der Waals surface area contributed by atoms with E-state index in [1.54, 1.807) is 24.3 Å². The molecule has 1 aromatic carbocycles. The highest BCUT2D eigenvalue weighted by Gasteiger charge is 2.53. The fourth-order valence-electron chi connectivity index (χ4n) is 6.02. The molecule has 0 aliphatic heterocycles. The van der Waals surface area contributed by atoms with Crippen LogP contribution in [0.2, 0.25) is 0 Å². The summed E-state index contributed by atoms with van der Waals surface area (Å²) in [5.74, 6) is 2.22. The molecular formula is C21H27NO3. The minimum absolute atomic E-state index is 0.0420. The van der Waals surface area contributed by atoms with E-state index in [2.05, 4.69) is 12.2 Å². The van der Waals surface area contributed by atoms with Gasteiger partial charge in [0.15, 0.2) is 0 Å². The molecule has 4 saturated carbocycles. The van der Waals surface area contributed by atoms with Crippen molar-refractivity contribution in [2.75, 3.05) is 7.11 Å². The number of ether oxygens (including phenoxy) is 1. The Hall–Kier alpha value is -1.84. The second kappa shape index (κ2) is 6.15. The van der Waals surface area contributed by atoms with Gasteiger partial charge in [-0.1, -0.05) is 0 Å². The maximum Gasteiger partial charge on any atom is 0.337 e. The van der Waals surface area contributed by atoms with Gasteiger partial charge >= 0.3 is 5.97 Å². The lowest BCUT2D eigenvalue weighted by atomic mass is 9.48. The van der Waals surface area contributed by atoms with Crippen LogP contribution in [0.15, 0.2) is 24.3 Å². The summed E-state index contributed by atoms with van der Waals surface area (Å²) in [6.07, 6.45) is 8.07. The van der Waals surface area contributed by atoms with E-state index in [1.807, 2.05) is 0 Å². The fraction of sp³-hybridized carbons (Fsp3) is 0.619. The minimum Gasteiger partial charge on any atom is -0.465 e. The molecule has 4 aliphatic rings. The van der Waals surface area contributed by atoms with Gasteiger partial charge in [0, 0.05) is 11.6 Å². The van der Waals surface area contributed by atoms with Gasteiger partial charge in [-0.25, -0.2) is 4.79 Å². The fourth-order valence-corrected chi connectivity index (χ4v) is 6.02. The van der Waals surface area contributed by atoms with Crippen molar-refractivity contribution in [2.24, 2.45) is 23.2 Å². The Morgan fingerprint density at radius 3 is 1.96 bits per heavy atom. The summed E-state index contributed by atoms with van der Waals surface area (Å²) in [5, 5.41) is 3.26. The van der Waals surface area contributed by atoms with Crippen molar-refractivity contribution in [3.63, 3.8) is 0 Å². The Morgan fingerprint density at radius 2 is 1.48 bits per heavy atom. The largest absolute Gasteiger partial charge is 0.465 e. The molecule has 1 aromatic rings. The van der Waals surface area contributed by atoms with E-state index in [0.717, 1.165) is 17.8 Å². The molecule has 0 aromatic heterocycles. The van der Waals surface area contributed by atoms with Crippen molar-refractivity contribution in [3.8, 4) is 0 Å². The van der Waals surface area contributed by atoms with Gasteiger partial charge in [0.05, 0.1) is 12.7 Å². The standard InChI is InChI=1S/C21H27NO3/c1-13(21-10-14-7-15(11-21)9-16(8-14)12-21)22-19(23)17-3-5-18(6-4-17)20(24)25-2/h3-6,13-16H,7-12H2,1-2H3,(H,22,23)/t13-,14?,15?,16?,21?/m1/s1. The van der Waals surface area contributed by atoms with Gasteiger partial charge in [-0.2, -0.15) is 0 Å². The van der Waals surface area contributed by atoms with Gasteiger partial charge in [0.1, 0.15) is 0 Å². The molecule has 4 bridgehead atoms. The first-order valence-electron chi connectivity index (χ1n) is 9.48. The summed E-state index contributed by atoms with van der Waals surface area (Å²) in [4.78, 5) is 24.2. The molecule has 1 atom stereocenters. The van der Waals surface area contributed by atoms with Crippen LogP contribution in [0.25, 0.3) is 0 Å². The summed E-state index contributed by atoms with van der Waals surface area (Å²) in [6, 6.07) is 6.91. The van der Waals surface area contributed by atoms with Crippen molar-refractivity contribution in [2.45, 2.75) is 51.5 Å². The number of hydrogen-bond donors (Lipinski definition) is 1. The number of rotatable bonds is 4. The van der Waals surface area contributed by atoms with Gasteiger partial charge in [-0.15, -0.1) is 0 Å². The Balaban J connectivity index is 1.45. The molecule has 4 heteroatoms. The number of esters is 1. The number of hydrogen-bond acceptors (Lipinski definition) is 3. The monoisotopic (exact) mass is 341 g/mol. The van der Waals surface area contributed by atoms with E-state index in [4.69, 9.17) is 4.74 Å². The molecule has 0 saturated heterocycles. The van der Waals surface area contributed by atoms with Crippen LogP contribution in [0.4, 0.5) is 0 Å². The van der Waals surface area contributed by atoms with Crippen molar-refractivity contribution in [1.29, 1.82) is 0 Å². The first-order chi connectivity index (χ1) is 12.0. The first-order valence-corrected chi connectivity index (χ1v) is 9.48. The third kappa shape index (κ3) is 2.96. The Kier molecular flexibility index (Phi) is 4.09. The van der Waals surface area contributed by atoms with Crippen LogP contribution in [0.3, 0.4) is 0 Å². The highest BCUT2D eigenvalue weighted by atomic mass is 16.5.